The van der Waals surface area contributed by atoms with E-state index in [9.17, 15) is 34.2 Å². The van der Waals surface area contributed by atoms with Crippen LogP contribution in [0.25, 0.3) is 0 Å². The number of rotatable bonds is 14. The van der Waals surface area contributed by atoms with E-state index in [1.54, 1.807) is 30.3 Å². The van der Waals surface area contributed by atoms with Gasteiger partial charge in [0.15, 0.2) is 0 Å². The Morgan fingerprint density at radius 3 is 1.89 bits per heavy atom. The Bertz CT molecular complexity index is 1120. The van der Waals surface area contributed by atoms with Gasteiger partial charge in [0.25, 0.3) is 0 Å². The van der Waals surface area contributed by atoms with E-state index in [-0.39, 0.29) is 31.4 Å². The van der Waals surface area contributed by atoms with Crippen LogP contribution in [0.3, 0.4) is 0 Å². The van der Waals surface area contributed by atoms with E-state index in [4.69, 9.17) is 10.8 Å². The highest BCUT2D eigenvalue weighted by Gasteiger charge is 2.29. The highest BCUT2D eigenvalue weighted by atomic mass is 16.4. The monoisotopic (exact) mass is 528 g/mol. The first-order valence-electron chi connectivity index (χ1n) is 11.9. The van der Waals surface area contributed by atoms with E-state index in [1.807, 2.05) is 0 Å². The molecule has 0 aliphatic heterocycles. The fraction of sp³-hybridized carbons (Fsp3) is 0.346. The lowest BCUT2D eigenvalue weighted by atomic mass is 10.0. The maximum Gasteiger partial charge on any atom is 0.326 e. The molecule has 0 fully saturated rings. The summed E-state index contributed by atoms with van der Waals surface area (Å²) in [5.41, 5.74) is 6.94. The van der Waals surface area contributed by atoms with Gasteiger partial charge in [-0.3, -0.25) is 19.2 Å². The van der Waals surface area contributed by atoms with E-state index >= 15 is 0 Å². The molecule has 4 unspecified atom stereocenters. The molecule has 3 amide bonds. The van der Waals surface area contributed by atoms with Crippen molar-refractivity contribution >= 4 is 29.7 Å². The van der Waals surface area contributed by atoms with Crippen LogP contribution in [0.4, 0.5) is 0 Å². The standard InChI is InChI=1S/C26H32N4O8/c1-15(28-24(35)19(27)11-12-22(32)33)23(34)29-20(13-16-5-3-2-4-6-16)25(36)30-21(26(37)38)14-17-7-9-18(31)10-8-17/h2-10,15,19-21,31H,11-14,27H2,1H3,(H,28,35)(H,29,34)(H,30,36)(H,32,33)(H,37,38). The first-order valence-corrected chi connectivity index (χ1v) is 11.9. The molecule has 12 heteroatoms. The second-order valence-corrected chi connectivity index (χ2v) is 8.79. The van der Waals surface area contributed by atoms with Crippen LogP contribution in [0, 0.1) is 0 Å². The molecule has 0 bridgehead atoms. The Labute approximate surface area is 219 Å². The van der Waals surface area contributed by atoms with Crippen LogP contribution in [0.1, 0.15) is 30.9 Å². The molecule has 2 aromatic rings. The first kappa shape index (κ1) is 29.8. The largest absolute Gasteiger partial charge is 0.508 e. The zero-order valence-corrected chi connectivity index (χ0v) is 20.8. The minimum absolute atomic E-state index is 0.0133. The van der Waals surface area contributed by atoms with Crippen molar-refractivity contribution in [1.82, 2.24) is 16.0 Å². The van der Waals surface area contributed by atoms with Crippen LogP contribution in [0.5, 0.6) is 5.75 Å². The van der Waals surface area contributed by atoms with Crippen molar-refractivity contribution in [2.45, 2.75) is 56.8 Å². The summed E-state index contributed by atoms with van der Waals surface area (Å²) in [5, 5.41) is 35.2. The number of nitrogens with one attached hydrogen (secondary N) is 3. The van der Waals surface area contributed by atoms with Crippen molar-refractivity contribution in [3.63, 3.8) is 0 Å². The Balaban J connectivity index is 2.12. The molecule has 0 radical (unpaired) electrons. The third-order valence-electron chi connectivity index (χ3n) is 5.66. The summed E-state index contributed by atoms with van der Waals surface area (Å²) in [7, 11) is 0. The average molecular weight is 529 g/mol. The number of hydrogen-bond donors (Lipinski definition) is 7. The summed E-state index contributed by atoms with van der Waals surface area (Å²) in [6.07, 6.45) is -0.452. The maximum atomic E-state index is 13.2. The summed E-state index contributed by atoms with van der Waals surface area (Å²) in [6, 6.07) is 9.88. The van der Waals surface area contributed by atoms with Gasteiger partial charge in [-0.25, -0.2) is 4.79 Å². The van der Waals surface area contributed by atoms with Gasteiger partial charge >= 0.3 is 11.9 Å². The Kier molecular flexibility index (Phi) is 11.2. The van der Waals surface area contributed by atoms with Gasteiger partial charge in [0, 0.05) is 19.3 Å². The second-order valence-electron chi connectivity index (χ2n) is 8.79. The number of benzene rings is 2. The number of phenols is 1. The van der Waals surface area contributed by atoms with Crippen LogP contribution in [0.15, 0.2) is 54.6 Å². The van der Waals surface area contributed by atoms with Crippen LogP contribution in [0.2, 0.25) is 0 Å². The summed E-state index contributed by atoms with van der Waals surface area (Å²) >= 11 is 0. The lowest BCUT2D eigenvalue weighted by molar-refractivity contribution is -0.142. The molecule has 2 aromatic carbocycles. The van der Waals surface area contributed by atoms with E-state index < -0.39 is 53.8 Å². The molecule has 0 aliphatic carbocycles. The second kappa shape index (κ2) is 14.3. The van der Waals surface area contributed by atoms with Crippen molar-refractivity contribution < 1.29 is 39.3 Å². The molecule has 2 rings (SSSR count). The zero-order valence-electron chi connectivity index (χ0n) is 20.8. The number of carboxylic acids is 2. The zero-order chi connectivity index (χ0) is 28.2. The summed E-state index contributed by atoms with van der Waals surface area (Å²) < 4.78 is 0. The Morgan fingerprint density at radius 1 is 0.763 bits per heavy atom. The molecule has 4 atom stereocenters. The molecule has 204 valence electrons. The molecule has 38 heavy (non-hydrogen) atoms. The van der Waals surface area contributed by atoms with Crippen LogP contribution >= 0.6 is 0 Å². The highest BCUT2D eigenvalue weighted by molar-refractivity contribution is 5.94. The number of aliphatic carboxylic acids is 2. The molecule has 12 nitrogen and oxygen atoms in total. The van der Waals surface area contributed by atoms with E-state index in [0.29, 0.717) is 11.1 Å². The minimum Gasteiger partial charge on any atom is -0.508 e. The lowest BCUT2D eigenvalue weighted by Crippen LogP contribution is -2.57. The number of carbonyl (C=O) groups is 5. The number of carbonyl (C=O) groups excluding carboxylic acids is 3. The van der Waals surface area contributed by atoms with Gasteiger partial charge in [-0.2, -0.15) is 0 Å². The summed E-state index contributed by atoms with van der Waals surface area (Å²) in [6.45, 7) is 1.37. The Morgan fingerprint density at radius 2 is 1.32 bits per heavy atom. The molecular weight excluding hydrogens is 496 g/mol. The summed E-state index contributed by atoms with van der Waals surface area (Å²) in [5.74, 6) is -4.57. The number of hydrogen-bond acceptors (Lipinski definition) is 7. The topological polar surface area (TPSA) is 208 Å². The molecule has 8 N–H and O–H groups in total. The third-order valence-corrected chi connectivity index (χ3v) is 5.66. The number of nitrogens with two attached hydrogens (primary N) is 1. The quantitative estimate of drug-likeness (QED) is 0.175. The molecule has 0 saturated heterocycles. The van der Waals surface area contributed by atoms with Gasteiger partial charge < -0.3 is 37.0 Å². The number of aromatic hydroxyl groups is 1. The van der Waals surface area contributed by atoms with Gasteiger partial charge in [-0.05, 0) is 36.6 Å². The van der Waals surface area contributed by atoms with Crippen LogP contribution < -0.4 is 21.7 Å². The van der Waals surface area contributed by atoms with Gasteiger partial charge in [0.05, 0.1) is 6.04 Å². The van der Waals surface area contributed by atoms with Crippen molar-refractivity contribution in [1.29, 1.82) is 0 Å². The fourth-order valence-corrected chi connectivity index (χ4v) is 3.49. The fourth-order valence-electron chi connectivity index (χ4n) is 3.49. The molecule has 0 spiro atoms. The molecule has 0 heterocycles. The normalized spacial score (nSPS) is 13.8. The number of amides is 3. The van der Waals surface area contributed by atoms with E-state index in [1.165, 1.54) is 31.2 Å². The van der Waals surface area contributed by atoms with Crippen LogP contribution in [-0.2, 0) is 36.8 Å². The minimum atomic E-state index is -1.31. The van der Waals surface area contributed by atoms with Crippen molar-refractivity contribution in [2.24, 2.45) is 5.73 Å². The van der Waals surface area contributed by atoms with Crippen molar-refractivity contribution in [3.8, 4) is 5.75 Å². The molecule has 0 saturated carbocycles. The number of phenolic OH excluding ortho intramolecular Hbond substituents is 1. The third kappa shape index (κ3) is 9.90. The molecule has 0 aromatic heterocycles. The highest BCUT2D eigenvalue weighted by Crippen LogP contribution is 2.12. The van der Waals surface area contributed by atoms with Crippen molar-refractivity contribution in [2.75, 3.05) is 0 Å². The predicted molar refractivity (Wildman–Crippen MR) is 136 cm³/mol. The Hall–Kier alpha value is -4.45. The van der Waals surface area contributed by atoms with E-state index in [2.05, 4.69) is 16.0 Å². The maximum absolute atomic E-state index is 13.2. The molecule has 0 aliphatic rings. The number of carboxylic acid groups (broad SMARTS) is 2. The lowest BCUT2D eigenvalue weighted by Gasteiger charge is -2.24. The predicted octanol–water partition coefficient (Wildman–Crippen LogP) is -0.0716. The molecular formula is C26H32N4O8. The SMILES string of the molecule is CC(NC(=O)C(N)CCC(=O)O)C(=O)NC(Cc1ccccc1)C(=O)NC(Cc1ccc(O)cc1)C(=O)O. The first-order chi connectivity index (χ1) is 18.0. The average Bonchev–Trinajstić information content (AvgIpc) is 2.87. The van der Waals surface area contributed by atoms with Gasteiger partial charge in [-0.1, -0.05) is 42.5 Å². The smallest absolute Gasteiger partial charge is 0.326 e. The van der Waals surface area contributed by atoms with Gasteiger partial charge in [0.1, 0.15) is 23.9 Å². The van der Waals surface area contributed by atoms with Gasteiger partial charge in [0.2, 0.25) is 17.7 Å². The van der Waals surface area contributed by atoms with E-state index in [0.717, 1.165) is 0 Å². The summed E-state index contributed by atoms with van der Waals surface area (Å²) in [4.78, 5) is 60.8. The van der Waals surface area contributed by atoms with Crippen molar-refractivity contribution in [3.05, 3.63) is 65.7 Å². The van der Waals surface area contributed by atoms with Crippen LogP contribution in [-0.4, -0.2) is 69.1 Å². The van der Waals surface area contributed by atoms with Gasteiger partial charge in [-0.15, -0.1) is 0 Å².